The largest absolute Gasteiger partial charge is 0.310 e. The Morgan fingerprint density at radius 3 is 1.73 bits per heavy atom. The molecule has 5 unspecified atom stereocenters. The van der Waals surface area contributed by atoms with E-state index in [0.717, 1.165) is 11.8 Å². The highest BCUT2D eigenvalue weighted by molar-refractivity contribution is 6.10. The van der Waals surface area contributed by atoms with E-state index in [4.69, 9.17) is 0 Å². The molecular formula is C57H44N2. The Kier molecular flexibility index (Phi) is 7.17. The standard InChI is InChI=1S/C57H44N2/c1-3-15-38(16-4-1)39-29-31-43(32-30-39)58(50-24-10-7-19-44(50)40-17-5-2-6-18-40)53-27-13-22-47-48-23-14-28-54(59-51-25-11-8-20-45(51)46-21-9-12-26-52(46)59)56(48)57(55(47)53)42-34-37-33-41(36-42)49(57)35-37/h1-32,37,41-42,49H,33-36H2. The quantitative estimate of drug-likeness (QED) is 0.164. The second kappa shape index (κ2) is 12.7. The van der Waals surface area contributed by atoms with E-state index in [2.05, 4.69) is 204 Å². The zero-order valence-electron chi connectivity index (χ0n) is 33.0. The molecule has 9 aromatic rings. The lowest BCUT2D eigenvalue weighted by Gasteiger charge is -2.46. The molecule has 1 spiro atoms. The van der Waals surface area contributed by atoms with Crippen LogP contribution < -0.4 is 4.90 Å². The zero-order chi connectivity index (χ0) is 38.7. The highest BCUT2D eigenvalue weighted by atomic mass is 15.2. The van der Waals surface area contributed by atoms with Crippen molar-refractivity contribution in [2.75, 3.05) is 4.90 Å². The molecule has 1 aromatic heterocycles. The number of para-hydroxylation sites is 3. The summed E-state index contributed by atoms with van der Waals surface area (Å²) in [4.78, 5) is 2.63. The summed E-state index contributed by atoms with van der Waals surface area (Å²) in [6, 6.07) is 72.8. The number of rotatable bonds is 6. The molecule has 0 amide bonds. The smallest absolute Gasteiger partial charge is 0.0541 e. The highest BCUT2D eigenvalue weighted by Gasteiger charge is 2.67. The molecule has 5 aliphatic carbocycles. The predicted molar refractivity (Wildman–Crippen MR) is 245 cm³/mol. The molecule has 4 bridgehead atoms. The second-order valence-corrected chi connectivity index (χ2v) is 17.6. The van der Waals surface area contributed by atoms with Gasteiger partial charge in [0.2, 0.25) is 0 Å². The van der Waals surface area contributed by atoms with Crippen LogP contribution >= 0.6 is 0 Å². The molecule has 2 heteroatoms. The van der Waals surface area contributed by atoms with Crippen molar-refractivity contribution in [1.29, 1.82) is 0 Å². The highest BCUT2D eigenvalue weighted by Crippen LogP contribution is 2.75. The number of nitrogens with zero attached hydrogens (tertiary/aromatic N) is 2. The zero-order valence-corrected chi connectivity index (χ0v) is 33.0. The van der Waals surface area contributed by atoms with E-state index in [1.165, 1.54) is 104 Å². The Bertz CT molecular complexity index is 3030. The lowest BCUT2D eigenvalue weighted by Crippen LogP contribution is -2.42. The van der Waals surface area contributed by atoms with Crippen molar-refractivity contribution in [2.24, 2.45) is 23.7 Å². The molecule has 14 rings (SSSR count). The fourth-order valence-electron chi connectivity index (χ4n) is 13.0. The number of hydrogen-bond donors (Lipinski definition) is 0. The average molecular weight is 757 g/mol. The third kappa shape index (κ3) is 4.63. The number of fused-ring (bicyclic) bond motifs is 6. The molecule has 0 N–H and O–H groups in total. The van der Waals surface area contributed by atoms with Gasteiger partial charge in [0.05, 0.1) is 28.1 Å². The van der Waals surface area contributed by atoms with Crippen LogP contribution in [0.4, 0.5) is 17.1 Å². The van der Waals surface area contributed by atoms with E-state index >= 15 is 0 Å². The normalized spacial score (nSPS) is 22.0. The van der Waals surface area contributed by atoms with Gasteiger partial charge in [-0.1, -0.05) is 152 Å². The Morgan fingerprint density at radius 2 is 1.00 bits per heavy atom. The van der Waals surface area contributed by atoms with Crippen LogP contribution in [0.2, 0.25) is 0 Å². The van der Waals surface area contributed by atoms with Gasteiger partial charge in [0, 0.05) is 27.4 Å². The minimum Gasteiger partial charge on any atom is -0.310 e. The fourth-order valence-corrected chi connectivity index (χ4v) is 13.0. The van der Waals surface area contributed by atoms with E-state index in [1.807, 2.05) is 0 Å². The molecule has 0 radical (unpaired) electrons. The molecule has 0 aliphatic heterocycles. The summed E-state index contributed by atoms with van der Waals surface area (Å²) in [5, 5.41) is 2.64. The topological polar surface area (TPSA) is 8.17 Å². The molecule has 5 aliphatic rings. The van der Waals surface area contributed by atoms with Gasteiger partial charge in [-0.2, -0.15) is 0 Å². The van der Waals surface area contributed by atoms with E-state index in [9.17, 15) is 0 Å². The first-order valence-corrected chi connectivity index (χ1v) is 21.6. The van der Waals surface area contributed by atoms with Gasteiger partial charge in [0.25, 0.3) is 0 Å². The lowest BCUT2D eigenvalue weighted by atomic mass is 9.58. The molecule has 4 saturated carbocycles. The van der Waals surface area contributed by atoms with Crippen LogP contribution in [0, 0.1) is 23.7 Å². The van der Waals surface area contributed by atoms with Gasteiger partial charge in [-0.3, -0.25) is 0 Å². The molecule has 1 heterocycles. The monoisotopic (exact) mass is 756 g/mol. The SMILES string of the molecule is c1ccc(-c2ccc(N(c3ccccc3-c3ccccc3)c3cccc4c3C3(c5c-4cccc5-n4c5ccccc5c5ccccc54)C4CC5CC(C4)C3C5)cc2)cc1. The summed E-state index contributed by atoms with van der Waals surface area (Å²) in [5.74, 6) is 2.79. The first-order valence-electron chi connectivity index (χ1n) is 21.6. The van der Waals surface area contributed by atoms with Crippen LogP contribution in [0.3, 0.4) is 0 Å². The minimum atomic E-state index is -0.105. The first-order chi connectivity index (χ1) is 29.3. The molecule has 8 aromatic carbocycles. The number of benzene rings is 8. The van der Waals surface area contributed by atoms with Crippen molar-refractivity contribution in [3.63, 3.8) is 0 Å². The molecule has 2 nitrogen and oxygen atoms in total. The maximum atomic E-state index is 2.63. The van der Waals surface area contributed by atoms with Crippen molar-refractivity contribution < 1.29 is 0 Å². The summed E-state index contributed by atoms with van der Waals surface area (Å²) in [6.07, 6.45) is 5.34. The maximum Gasteiger partial charge on any atom is 0.0541 e. The van der Waals surface area contributed by atoms with Crippen molar-refractivity contribution >= 4 is 38.9 Å². The summed E-state index contributed by atoms with van der Waals surface area (Å²) in [7, 11) is 0. The van der Waals surface area contributed by atoms with Gasteiger partial charge in [-0.05, 0) is 131 Å². The maximum absolute atomic E-state index is 2.63. The van der Waals surface area contributed by atoms with Crippen LogP contribution in [0.15, 0.2) is 194 Å². The van der Waals surface area contributed by atoms with Gasteiger partial charge in [0.1, 0.15) is 0 Å². The third-order valence-corrected chi connectivity index (χ3v) is 15.0. The molecular weight excluding hydrogens is 713 g/mol. The van der Waals surface area contributed by atoms with Crippen LogP contribution in [0.25, 0.3) is 60.9 Å². The Hall–Kier alpha value is -6.64. The Balaban J connectivity index is 1.11. The van der Waals surface area contributed by atoms with Gasteiger partial charge < -0.3 is 9.47 Å². The summed E-state index contributed by atoms with van der Waals surface area (Å²) in [5.41, 5.74) is 18.4. The number of aromatic nitrogens is 1. The Morgan fingerprint density at radius 1 is 0.424 bits per heavy atom. The minimum absolute atomic E-state index is 0.105. The summed E-state index contributed by atoms with van der Waals surface area (Å²) < 4.78 is 2.63. The van der Waals surface area contributed by atoms with Crippen molar-refractivity contribution in [3.05, 3.63) is 205 Å². The van der Waals surface area contributed by atoms with Crippen LogP contribution in [0.1, 0.15) is 36.8 Å². The summed E-state index contributed by atoms with van der Waals surface area (Å²) >= 11 is 0. The van der Waals surface area contributed by atoms with Gasteiger partial charge in [-0.15, -0.1) is 0 Å². The third-order valence-electron chi connectivity index (χ3n) is 15.0. The number of anilines is 3. The van der Waals surface area contributed by atoms with Gasteiger partial charge >= 0.3 is 0 Å². The van der Waals surface area contributed by atoms with E-state index in [0.29, 0.717) is 11.8 Å². The molecule has 282 valence electrons. The molecule has 0 saturated heterocycles. The van der Waals surface area contributed by atoms with Crippen molar-refractivity contribution in [3.8, 4) is 39.1 Å². The average Bonchev–Trinajstić information content (AvgIpc) is 3.97. The second-order valence-electron chi connectivity index (χ2n) is 17.6. The number of hydrogen-bond acceptors (Lipinski definition) is 1. The molecule has 59 heavy (non-hydrogen) atoms. The molecule has 4 fully saturated rings. The van der Waals surface area contributed by atoms with E-state index in [1.54, 1.807) is 11.1 Å². The van der Waals surface area contributed by atoms with Crippen LogP contribution in [0.5, 0.6) is 0 Å². The predicted octanol–water partition coefficient (Wildman–Crippen LogP) is 14.9. The van der Waals surface area contributed by atoms with E-state index in [-0.39, 0.29) is 5.41 Å². The van der Waals surface area contributed by atoms with Crippen LogP contribution in [-0.4, -0.2) is 4.57 Å². The van der Waals surface area contributed by atoms with Crippen molar-refractivity contribution in [2.45, 2.75) is 31.1 Å². The lowest BCUT2D eigenvalue weighted by molar-refractivity contribution is 0.191. The van der Waals surface area contributed by atoms with E-state index < -0.39 is 0 Å². The van der Waals surface area contributed by atoms with Crippen molar-refractivity contribution in [1.82, 2.24) is 4.57 Å². The van der Waals surface area contributed by atoms with Gasteiger partial charge in [-0.25, -0.2) is 0 Å². The Labute approximate surface area is 346 Å². The molecule has 5 atom stereocenters. The van der Waals surface area contributed by atoms with Gasteiger partial charge in [0.15, 0.2) is 0 Å². The summed E-state index contributed by atoms with van der Waals surface area (Å²) in [6.45, 7) is 0. The fraction of sp³-hybridized carbons (Fsp3) is 0.158. The van der Waals surface area contributed by atoms with Crippen LogP contribution in [-0.2, 0) is 5.41 Å². The first kappa shape index (κ1) is 33.3.